The highest BCUT2D eigenvalue weighted by Gasteiger charge is 2.27. The quantitative estimate of drug-likeness (QED) is 0.569. The van der Waals surface area contributed by atoms with E-state index in [2.05, 4.69) is 4.98 Å². The number of oxazole rings is 1. The molecule has 7 heteroatoms. The monoisotopic (exact) mass is 424 g/mol. The molecule has 1 saturated heterocycles. The van der Waals surface area contributed by atoms with Gasteiger partial charge in [0.25, 0.3) is 5.91 Å². The Morgan fingerprint density at radius 2 is 1.94 bits per heavy atom. The van der Waals surface area contributed by atoms with Crippen LogP contribution in [0, 0.1) is 0 Å². The molecule has 1 aliphatic heterocycles. The molecule has 2 heterocycles. The van der Waals surface area contributed by atoms with Crippen molar-refractivity contribution in [3.05, 3.63) is 53.4 Å². The summed E-state index contributed by atoms with van der Waals surface area (Å²) in [5.74, 6) is 1.94. The fourth-order valence-corrected chi connectivity index (χ4v) is 4.15. The van der Waals surface area contributed by atoms with E-state index in [4.69, 9.17) is 18.6 Å². The lowest BCUT2D eigenvalue weighted by Gasteiger charge is -2.35. The van der Waals surface area contributed by atoms with E-state index in [1.54, 1.807) is 27.4 Å². The highest BCUT2D eigenvalue weighted by molar-refractivity contribution is 5.97. The summed E-state index contributed by atoms with van der Waals surface area (Å²) in [6.07, 6.45) is 3.63. The number of hydrogen-bond acceptors (Lipinski definition) is 6. The summed E-state index contributed by atoms with van der Waals surface area (Å²) in [7, 11) is 4.90. The summed E-state index contributed by atoms with van der Waals surface area (Å²) in [6, 6.07) is 11.3. The van der Waals surface area contributed by atoms with Crippen LogP contribution in [0.1, 0.15) is 41.1 Å². The van der Waals surface area contributed by atoms with Crippen LogP contribution in [-0.4, -0.2) is 56.3 Å². The van der Waals surface area contributed by atoms with E-state index >= 15 is 0 Å². The van der Waals surface area contributed by atoms with Crippen molar-refractivity contribution in [2.75, 3.05) is 34.5 Å². The lowest BCUT2D eigenvalue weighted by Crippen LogP contribution is -2.46. The number of benzene rings is 2. The maximum Gasteiger partial charge on any atom is 0.254 e. The number of carbonyl (C=O) groups excluding carboxylic acids is 1. The number of ether oxygens (including phenoxy) is 3. The van der Waals surface area contributed by atoms with E-state index in [0.29, 0.717) is 41.6 Å². The van der Waals surface area contributed by atoms with E-state index in [9.17, 15) is 4.79 Å². The second-order valence-electron chi connectivity index (χ2n) is 7.76. The molecular formula is C24H28N2O5. The number of amides is 1. The third kappa shape index (κ3) is 4.51. The number of rotatable bonds is 7. The van der Waals surface area contributed by atoms with Gasteiger partial charge in [-0.1, -0.05) is 6.07 Å². The molecule has 4 rings (SSSR count). The largest absolute Gasteiger partial charge is 0.493 e. The SMILES string of the molecule is COC[C@@H]1CCCCN1C(=O)c1ccc2nc(Cc3ccc(OC)c(OC)c3)oc2c1. The van der Waals surface area contributed by atoms with Crippen molar-refractivity contribution in [3.8, 4) is 11.5 Å². The number of carbonyl (C=O) groups is 1. The van der Waals surface area contributed by atoms with Gasteiger partial charge in [0.1, 0.15) is 5.52 Å². The van der Waals surface area contributed by atoms with E-state index in [1.807, 2.05) is 35.2 Å². The van der Waals surface area contributed by atoms with E-state index < -0.39 is 0 Å². The fourth-order valence-electron chi connectivity index (χ4n) is 4.15. The van der Waals surface area contributed by atoms with Crippen molar-refractivity contribution in [2.45, 2.75) is 31.7 Å². The first-order chi connectivity index (χ1) is 15.1. The zero-order valence-corrected chi connectivity index (χ0v) is 18.2. The van der Waals surface area contributed by atoms with E-state index in [1.165, 1.54) is 0 Å². The van der Waals surface area contributed by atoms with Crippen LogP contribution in [-0.2, 0) is 11.2 Å². The van der Waals surface area contributed by atoms with Crippen LogP contribution in [0.4, 0.5) is 0 Å². The Hall–Kier alpha value is -3.06. The molecule has 164 valence electrons. The number of nitrogens with zero attached hydrogens (tertiary/aromatic N) is 2. The first-order valence-corrected chi connectivity index (χ1v) is 10.5. The van der Waals surface area contributed by atoms with E-state index in [0.717, 1.165) is 36.9 Å². The molecule has 1 fully saturated rings. The van der Waals surface area contributed by atoms with Crippen molar-refractivity contribution < 1.29 is 23.4 Å². The van der Waals surface area contributed by atoms with Crippen LogP contribution in [0.25, 0.3) is 11.1 Å². The molecule has 0 spiro atoms. The number of fused-ring (bicyclic) bond motifs is 1. The van der Waals surface area contributed by atoms with Gasteiger partial charge in [0, 0.05) is 25.6 Å². The summed E-state index contributed by atoms with van der Waals surface area (Å²) < 4.78 is 22.0. The van der Waals surface area contributed by atoms with Crippen LogP contribution >= 0.6 is 0 Å². The van der Waals surface area contributed by atoms with Crippen molar-refractivity contribution in [1.29, 1.82) is 0 Å². The van der Waals surface area contributed by atoms with Crippen LogP contribution in [0.15, 0.2) is 40.8 Å². The smallest absolute Gasteiger partial charge is 0.254 e. The normalized spacial score (nSPS) is 16.5. The Morgan fingerprint density at radius 3 is 2.71 bits per heavy atom. The van der Waals surface area contributed by atoms with Gasteiger partial charge in [-0.05, 0) is 55.2 Å². The van der Waals surface area contributed by atoms with Crippen molar-refractivity contribution in [2.24, 2.45) is 0 Å². The predicted molar refractivity (Wildman–Crippen MR) is 117 cm³/mol. The summed E-state index contributed by atoms with van der Waals surface area (Å²) in [5, 5.41) is 0. The first-order valence-electron chi connectivity index (χ1n) is 10.5. The molecule has 0 aliphatic carbocycles. The average molecular weight is 424 g/mol. The van der Waals surface area contributed by atoms with Crippen LogP contribution in [0.5, 0.6) is 11.5 Å². The molecule has 0 N–H and O–H groups in total. The number of piperidine rings is 1. The Labute approximate surface area is 181 Å². The number of methoxy groups -OCH3 is 3. The molecule has 0 unspecified atom stereocenters. The van der Waals surface area contributed by atoms with Gasteiger partial charge in [-0.25, -0.2) is 4.98 Å². The van der Waals surface area contributed by atoms with Gasteiger partial charge >= 0.3 is 0 Å². The first kappa shape index (κ1) is 21.2. The molecule has 0 bridgehead atoms. The molecule has 31 heavy (non-hydrogen) atoms. The van der Waals surface area contributed by atoms with Gasteiger partial charge in [0.2, 0.25) is 0 Å². The molecule has 7 nitrogen and oxygen atoms in total. The maximum absolute atomic E-state index is 13.1. The molecule has 1 atom stereocenters. The minimum absolute atomic E-state index is 0.0153. The van der Waals surface area contributed by atoms with Gasteiger partial charge in [-0.3, -0.25) is 4.79 Å². The van der Waals surface area contributed by atoms with Crippen molar-refractivity contribution in [3.63, 3.8) is 0 Å². The predicted octanol–water partition coefficient (Wildman–Crippen LogP) is 4.08. The van der Waals surface area contributed by atoms with Crippen LogP contribution in [0.2, 0.25) is 0 Å². The van der Waals surface area contributed by atoms with Gasteiger partial charge in [0.15, 0.2) is 23.0 Å². The average Bonchev–Trinajstić information content (AvgIpc) is 3.20. The number of hydrogen-bond donors (Lipinski definition) is 0. The second-order valence-corrected chi connectivity index (χ2v) is 7.76. The van der Waals surface area contributed by atoms with Gasteiger partial charge < -0.3 is 23.5 Å². The molecule has 1 amide bonds. The molecule has 1 aromatic heterocycles. The zero-order chi connectivity index (χ0) is 21.8. The summed E-state index contributed by atoms with van der Waals surface area (Å²) in [5.41, 5.74) is 2.96. The standard InChI is InChI=1S/C24H28N2O5/c1-28-15-18-6-4-5-11-26(18)24(27)17-8-9-19-21(14-17)31-23(25-19)13-16-7-10-20(29-2)22(12-16)30-3/h7-10,12,14,18H,4-6,11,13,15H2,1-3H3/t18-/m0/s1. The van der Waals surface area contributed by atoms with Gasteiger partial charge in [0.05, 0.1) is 26.9 Å². The van der Waals surface area contributed by atoms with Crippen LogP contribution < -0.4 is 9.47 Å². The minimum atomic E-state index is 0.0153. The molecule has 3 aromatic rings. The topological polar surface area (TPSA) is 74.0 Å². The third-order valence-electron chi connectivity index (χ3n) is 5.73. The Balaban J connectivity index is 1.55. The van der Waals surface area contributed by atoms with Gasteiger partial charge in [-0.2, -0.15) is 0 Å². The number of aromatic nitrogens is 1. The molecule has 0 radical (unpaired) electrons. The molecule has 2 aromatic carbocycles. The minimum Gasteiger partial charge on any atom is -0.493 e. The zero-order valence-electron chi connectivity index (χ0n) is 18.2. The summed E-state index contributed by atoms with van der Waals surface area (Å²) in [6.45, 7) is 1.32. The number of likely N-dealkylation sites (tertiary alicyclic amines) is 1. The van der Waals surface area contributed by atoms with Crippen molar-refractivity contribution in [1.82, 2.24) is 9.88 Å². The van der Waals surface area contributed by atoms with Crippen molar-refractivity contribution >= 4 is 17.0 Å². The maximum atomic E-state index is 13.1. The Bertz CT molecular complexity index is 1060. The lowest BCUT2D eigenvalue weighted by atomic mass is 10.0. The summed E-state index contributed by atoms with van der Waals surface area (Å²) >= 11 is 0. The van der Waals surface area contributed by atoms with E-state index in [-0.39, 0.29) is 11.9 Å². The second kappa shape index (κ2) is 9.39. The Morgan fingerprint density at radius 1 is 1.10 bits per heavy atom. The highest BCUT2D eigenvalue weighted by atomic mass is 16.5. The lowest BCUT2D eigenvalue weighted by molar-refractivity contribution is 0.0428. The molecule has 1 aliphatic rings. The van der Waals surface area contributed by atoms with Crippen LogP contribution in [0.3, 0.4) is 0 Å². The third-order valence-corrected chi connectivity index (χ3v) is 5.73. The fraction of sp³-hybridized carbons (Fsp3) is 0.417. The Kier molecular flexibility index (Phi) is 6.42. The van der Waals surface area contributed by atoms with Gasteiger partial charge in [-0.15, -0.1) is 0 Å². The summed E-state index contributed by atoms with van der Waals surface area (Å²) in [4.78, 5) is 19.6. The highest BCUT2D eigenvalue weighted by Crippen LogP contribution is 2.29. The molecule has 0 saturated carbocycles. The molecular weight excluding hydrogens is 396 g/mol.